The molecule has 0 saturated heterocycles. The maximum atomic E-state index is 12.5. The SMILES string of the molecule is O=C(Nc1ccccc1-c1nc2c(C(=O)O)cccc2o1)c1ccccc1. The Morgan fingerprint density at radius 2 is 1.63 bits per heavy atom. The number of nitrogens with one attached hydrogen (secondary N) is 1. The Kier molecular flexibility index (Phi) is 4.14. The number of carboxylic acid groups (broad SMARTS) is 1. The molecule has 132 valence electrons. The van der Waals surface area contributed by atoms with Gasteiger partial charge >= 0.3 is 5.97 Å². The van der Waals surface area contributed by atoms with E-state index in [0.717, 1.165) is 0 Å². The number of aromatic carboxylic acids is 1. The average molecular weight is 358 g/mol. The van der Waals surface area contributed by atoms with Crippen molar-refractivity contribution in [1.29, 1.82) is 0 Å². The van der Waals surface area contributed by atoms with E-state index in [0.29, 0.717) is 22.4 Å². The van der Waals surface area contributed by atoms with Crippen LogP contribution in [-0.4, -0.2) is 22.0 Å². The fourth-order valence-corrected chi connectivity index (χ4v) is 2.80. The van der Waals surface area contributed by atoms with Gasteiger partial charge in [0.15, 0.2) is 5.58 Å². The van der Waals surface area contributed by atoms with Crippen LogP contribution >= 0.6 is 0 Å². The van der Waals surface area contributed by atoms with E-state index in [1.807, 2.05) is 6.07 Å². The van der Waals surface area contributed by atoms with Gasteiger partial charge in [-0.2, -0.15) is 0 Å². The Balaban J connectivity index is 1.75. The predicted molar refractivity (Wildman–Crippen MR) is 101 cm³/mol. The first kappa shape index (κ1) is 16.5. The van der Waals surface area contributed by atoms with E-state index in [1.165, 1.54) is 6.07 Å². The summed E-state index contributed by atoms with van der Waals surface area (Å²) in [5.74, 6) is -1.10. The zero-order chi connectivity index (χ0) is 18.8. The third kappa shape index (κ3) is 3.16. The van der Waals surface area contributed by atoms with E-state index in [1.54, 1.807) is 60.7 Å². The van der Waals surface area contributed by atoms with E-state index >= 15 is 0 Å². The molecule has 0 aliphatic heterocycles. The van der Waals surface area contributed by atoms with Crippen LogP contribution in [0.3, 0.4) is 0 Å². The summed E-state index contributed by atoms with van der Waals surface area (Å²) in [7, 11) is 0. The number of carboxylic acids is 1. The summed E-state index contributed by atoms with van der Waals surface area (Å²) < 4.78 is 5.75. The maximum absolute atomic E-state index is 12.5. The molecule has 4 rings (SSSR count). The third-order valence-corrected chi connectivity index (χ3v) is 4.09. The van der Waals surface area contributed by atoms with Crippen LogP contribution in [0.2, 0.25) is 0 Å². The third-order valence-electron chi connectivity index (χ3n) is 4.09. The molecule has 0 spiro atoms. The number of benzene rings is 3. The lowest BCUT2D eigenvalue weighted by Crippen LogP contribution is -2.12. The summed E-state index contributed by atoms with van der Waals surface area (Å²) in [5.41, 5.74) is 2.31. The molecule has 0 fully saturated rings. The number of anilines is 1. The molecule has 1 aromatic heterocycles. The number of fused-ring (bicyclic) bond motifs is 1. The van der Waals surface area contributed by atoms with Crippen LogP contribution in [0.1, 0.15) is 20.7 Å². The van der Waals surface area contributed by atoms with Crippen molar-refractivity contribution in [2.24, 2.45) is 0 Å². The summed E-state index contributed by atoms with van der Waals surface area (Å²) in [6.45, 7) is 0. The first-order chi connectivity index (χ1) is 13.1. The Hall–Kier alpha value is -3.93. The molecule has 0 bridgehead atoms. The highest BCUT2D eigenvalue weighted by atomic mass is 16.4. The molecule has 1 heterocycles. The molecule has 0 atom stereocenters. The van der Waals surface area contributed by atoms with Crippen LogP contribution in [-0.2, 0) is 0 Å². The van der Waals surface area contributed by atoms with Gasteiger partial charge in [0.05, 0.1) is 16.8 Å². The number of hydrogen-bond donors (Lipinski definition) is 2. The Bertz CT molecular complexity index is 1150. The monoisotopic (exact) mass is 358 g/mol. The van der Waals surface area contributed by atoms with Crippen molar-refractivity contribution < 1.29 is 19.1 Å². The molecule has 1 amide bonds. The van der Waals surface area contributed by atoms with Crippen molar-refractivity contribution in [3.63, 3.8) is 0 Å². The van der Waals surface area contributed by atoms with Crippen LogP contribution in [0.4, 0.5) is 5.69 Å². The van der Waals surface area contributed by atoms with Crippen molar-refractivity contribution >= 4 is 28.7 Å². The molecule has 0 saturated carbocycles. The summed E-state index contributed by atoms with van der Waals surface area (Å²) in [5, 5.41) is 12.2. The van der Waals surface area contributed by atoms with Gasteiger partial charge in [0.1, 0.15) is 5.52 Å². The minimum absolute atomic E-state index is 0.0632. The van der Waals surface area contributed by atoms with Gasteiger partial charge in [0.2, 0.25) is 5.89 Å². The molecule has 4 aromatic rings. The quantitative estimate of drug-likeness (QED) is 0.562. The Morgan fingerprint density at radius 3 is 2.41 bits per heavy atom. The van der Waals surface area contributed by atoms with E-state index in [9.17, 15) is 14.7 Å². The summed E-state index contributed by atoms with van der Waals surface area (Å²) in [6, 6.07) is 20.7. The molecule has 0 aliphatic carbocycles. The minimum atomic E-state index is -1.08. The fourth-order valence-electron chi connectivity index (χ4n) is 2.80. The lowest BCUT2D eigenvalue weighted by atomic mass is 10.1. The van der Waals surface area contributed by atoms with Crippen molar-refractivity contribution in [2.45, 2.75) is 0 Å². The van der Waals surface area contributed by atoms with Gasteiger partial charge in [-0.1, -0.05) is 36.4 Å². The number of aromatic nitrogens is 1. The van der Waals surface area contributed by atoms with Gasteiger partial charge in [-0.25, -0.2) is 9.78 Å². The van der Waals surface area contributed by atoms with Crippen molar-refractivity contribution in [3.05, 3.63) is 83.9 Å². The number of para-hydroxylation sites is 2. The highest BCUT2D eigenvalue weighted by Crippen LogP contribution is 2.31. The number of amides is 1. The van der Waals surface area contributed by atoms with E-state index < -0.39 is 5.97 Å². The molecule has 3 aromatic carbocycles. The van der Waals surface area contributed by atoms with Crippen molar-refractivity contribution in [2.75, 3.05) is 5.32 Å². The summed E-state index contributed by atoms with van der Waals surface area (Å²) in [6.07, 6.45) is 0. The predicted octanol–water partition coefficient (Wildman–Crippen LogP) is 4.45. The van der Waals surface area contributed by atoms with E-state index in [4.69, 9.17) is 4.42 Å². The van der Waals surface area contributed by atoms with Crippen LogP contribution in [0.25, 0.3) is 22.6 Å². The maximum Gasteiger partial charge on any atom is 0.338 e. The van der Waals surface area contributed by atoms with Gasteiger partial charge < -0.3 is 14.8 Å². The summed E-state index contributed by atoms with van der Waals surface area (Å²) >= 11 is 0. The first-order valence-corrected chi connectivity index (χ1v) is 8.22. The standard InChI is InChI=1S/C21H14N2O4/c24-19(13-7-2-1-3-8-13)22-16-11-5-4-9-14(16)20-23-18-15(21(25)26)10-6-12-17(18)27-20/h1-12H,(H,22,24)(H,25,26). The Labute approximate surface area is 154 Å². The molecular weight excluding hydrogens is 344 g/mol. The second-order valence-electron chi connectivity index (χ2n) is 5.84. The molecular formula is C21H14N2O4. The van der Waals surface area contributed by atoms with Gasteiger partial charge in [-0.3, -0.25) is 4.79 Å². The number of hydrogen-bond acceptors (Lipinski definition) is 4. The average Bonchev–Trinajstić information content (AvgIpc) is 3.13. The number of nitrogens with zero attached hydrogens (tertiary/aromatic N) is 1. The zero-order valence-electron chi connectivity index (χ0n) is 14.0. The zero-order valence-corrected chi connectivity index (χ0v) is 14.0. The van der Waals surface area contributed by atoms with Crippen LogP contribution in [0.15, 0.2) is 77.2 Å². The molecule has 0 unspecified atom stereocenters. The van der Waals surface area contributed by atoms with Crippen molar-refractivity contribution in [1.82, 2.24) is 4.98 Å². The second-order valence-corrected chi connectivity index (χ2v) is 5.84. The van der Waals surface area contributed by atoms with Gasteiger partial charge in [0, 0.05) is 5.56 Å². The highest BCUT2D eigenvalue weighted by molar-refractivity contribution is 6.06. The molecule has 6 heteroatoms. The molecule has 2 N–H and O–H groups in total. The normalized spacial score (nSPS) is 10.7. The lowest BCUT2D eigenvalue weighted by molar-refractivity contribution is 0.0698. The fraction of sp³-hybridized carbons (Fsp3) is 0. The van der Waals surface area contributed by atoms with E-state index in [-0.39, 0.29) is 22.9 Å². The number of rotatable bonds is 4. The number of carbonyl (C=O) groups is 2. The highest BCUT2D eigenvalue weighted by Gasteiger charge is 2.18. The number of oxazole rings is 1. The molecule has 6 nitrogen and oxygen atoms in total. The summed E-state index contributed by atoms with van der Waals surface area (Å²) in [4.78, 5) is 28.2. The first-order valence-electron chi connectivity index (χ1n) is 8.22. The topological polar surface area (TPSA) is 92.4 Å². The number of carbonyl (C=O) groups excluding carboxylic acids is 1. The molecule has 0 aliphatic rings. The molecule has 27 heavy (non-hydrogen) atoms. The Morgan fingerprint density at radius 1 is 0.889 bits per heavy atom. The van der Waals surface area contributed by atoms with Crippen LogP contribution < -0.4 is 5.32 Å². The van der Waals surface area contributed by atoms with Gasteiger partial charge in [-0.05, 0) is 36.4 Å². The van der Waals surface area contributed by atoms with Gasteiger partial charge in [-0.15, -0.1) is 0 Å². The van der Waals surface area contributed by atoms with E-state index in [2.05, 4.69) is 10.3 Å². The minimum Gasteiger partial charge on any atom is -0.478 e. The van der Waals surface area contributed by atoms with Crippen LogP contribution in [0, 0.1) is 0 Å². The van der Waals surface area contributed by atoms with Crippen molar-refractivity contribution in [3.8, 4) is 11.5 Å². The molecule has 0 radical (unpaired) electrons. The lowest BCUT2D eigenvalue weighted by Gasteiger charge is -2.08. The smallest absolute Gasteiger partial charge is 0.338 e. The van der Waals surface area contributed by atoms with Crippen LogP contribution in [0.5, 0.6) is 0 Å². The largest absolute Gasteiger partial charge is 0.478 e. The van der Waals surface area contributed by atoms with Gasteiger partial charge in [0.25, 0.3) is 5.91 Å². The second kappa shape index (κ2) is 6.76.